The van der Waals surface area contributed by atoms with Crippen molar-refractivity contribution in [3.63, 3.8) is 0 Å². The lowest BCUT2D eigenvalue weighted by molar-refractivity contribution is -0.153. The maximum Gasteiger partial charge on any atom is 0.326 e. The van der Waals surface area contributed by atoms with E-state index in [-0.39, 0.29) is 23.8 Å². The third-order valence-corrected chi connectivity index (χ3v) is 5.26. The van der Waals surface area contributed by atoms with Crippen molar-refractivity contribution >= 4 is 11.9 Å². The Kier molecular flexibility index (Phi) is 3.71. The van der Waals surface area contributed by atoms with Crippen LogP contribution in [0.4, 0.5) is 0 Å². The summed E-state index contributed by atoms with van der Waals surface area (Å²) in [5, 5.41) is 9.51. The molecule has 0 bridgehead atoms. The van der Waals surface area contributed by atoms with Crippen LogP contribution in [0.2, 0.25) is 0 Å². The summed E-state index contributed by atoms with van der Waals surface area (Å²) in [6, 6.07) is -0.590. The van der Waals surface area contributed by atoms with Gasteiger partial charge < -0.3 is 14.7 Å². The number of carboxylic acids is 1. The highest BCUT2D eigenvalue weighted by Crippen LogP contribution is 2.43. The molecule has 1 N–H and O–H groups in total. The summed E-state index contributed by atoms with van der Waals surface area (Å²) in [5.74, 6) is -0.264. The molecule has 2 aliphatic heterocycles. The van der Waals surface area contributed by atoms with Crippen LogP contribution in [0.1, 0.15) is 39.0 Å². The quantitative estimate of drug-likeness (QED) is 0.833. The normalized spacial score (nSPS) is 40.6. The molecule has 3 fully saturated rings. The molecule has 1 aliphatic carbocycles. The van der Waals surface area contributed by atoms with E-state index in [9.17, 15) is 14.7 Å². The Hall–Kier alpha value is -1.10. The molecule has 0 aromatic heterocycles. The first-order valence-corrected chi connectivity index (χ1v) is 7.73. The Morgan fingerprint density at radius 2 is 2.05 bits per heavy atom. The molecule has 2 heterocycles. The Labute approximate surface area is 119 Å². The lowest BCUT2D eigenvalue weighted by Gasteiger charge is -2.32. The average molecular weight is 281 g/mol. The van der Waals surface area contributed by atoms with Crippen molar-refractivity contribution in [2.75, 3.05) is 13.2 Å². The molecule has 5 nitrogen and oxygen atoms in total. The van der Waals surface area contributed by atoms with E-state index >= 15 is 0 Å². The molecule has 20 heavy (non-hydrogen) atoms. The molecule has 5 unspecified atom stereocenters. The van der Waals surface area contributed by atoms with Gasteiger partial charge in [-0.3, -0.25) is 4.79 Å². The fourth-order valence-corrected chi connectivity index (χ4v) is 4.31. The zero-order chi connectivity index (χ0) is 14.3. The molecule has 0 spiro atoms. The van der Waals surface area contributed by atoms with Crippen molar-refractivity contribution < 1.29 is 19.4 Å². The summed E-state index contributed by atoms with van der Waals surface area (Å²) in [6.07, 6.45) is 4.68. The van der Waals surface area contributed by atoms with Crippen LogP contribution >= 0.6 is 0 Å². The van der Waals surface area contributed by atoms with Gasteiger partial charge in [0.25, 0.3) is 0 Å². The zero-order valence-corrected chi connectivity index (χ0v) is 12.0. The summed E-state index contributed by atoms with van der Waals surface area (Å²) in [5.41, 5.74) is 0. The Morgan fingerprint density at radius 3 is 2.75 bits per heavy atom. The van der Waals surface area contributed by atoms with Crippen LogP contribution in [0.15, 0.2) is 0 Å². The molecule has 5 heteroatoms. The predicted molar refractivity (Wildman–Crippen MR) is 72.1 cm³/mol. The molecule has 5 atom stereocenters. The van der Waals surface area contributed by atoms with Crippen LogP contribution < -0.4 is 0 Å². The van der Waals surface area contributed by atoms with E-state index < -0.39 is 12.0 Å². The van der Waals surface area contributed by atoms with E-state index in [0.29, 0.717) is 19.1 Å². The number of amides is 1. The van der Waals surface area contributed by atoms with E-state index in [4.69, 9.17) is 4.74 Å². The first kappa shape index (κ1) is 13.9. The van der Waals surface area contributed by atoms with Gasteiger partial charge in [0.15, 0.2) is 0 Å². The summed E-state index contributed by atoms with van der Waals surface area (Å²) in [6.45, 7) is 3.23. The van der Waals surface area contributed by atoms with Gasteiger partial charge in [0.1, 0.15) is 6.04 Å². The van der Waals surface area contributed by atoms with E-state index in [1.807, 2.05) is 6.92 Å². The highest BCUT2D eigenvalue weighted by Gasteiger charge is 2.50. The Balaban J connectivity index is 1.74. The highest BCUT2D eigenvalue weighted by molar-refractivity contribution is 5.86. The van der Waals surface area contributed by atoms with Crippen LogP contribution in [0.5, 0.6) is 0 Å². The minimum atomic E-state index is -0.826. The summed E-state index contributed by atoms with van der Waals surface area (Å²) < 4.78 is 5.48. The molecule has 0 aromatic carbocycles. The van der Waals surface area contributed by atoms with Crippen molar-refractivity contribution in [1.29, 1.82) is 0 Å². The molecule has 3 rings (SSSR count). The highest BCUT2D eigenvalue weighted by atomic mass is 16.5. The van der Waals surface area contributed by atoms with Gasteiger partial charge in [-0.15, -0.1) is 0 Å². The van der Waals surface area contributed by atoms with Crippen LogP contribution in [0.3, 0.4) is 0 Å². The van der Waals surface area contributed by atoms with Crippen molar-refractivity contribution in [3.8, 4) is 0 Å². The molecule has 1 amide bonds. The van der Waals surface area contributed by atoms with Gasteiger partial charge in [0.2, 0.25) is 5.91 Å². The summed E-state index contributed by atoms with van der Waals surface area (Å²) in [4.78, 5) is 26.0. The predicted octanol–water partition coefficient (Wildman–Crippen LogP) is 1.51. The molecule has 0 aromatic rings. The SMILES string of the molecule is CC1CC(C(=O)N2CC3CCCC3C2C(=O)O)CCO1. The topological polar surface area (TPSA) is 66.8 Å². The van der Waals surface area contributed by atoms with Crippen molar-refractivity contribution in [3.05, 3.63) is 0 Å². The number of hydrogen-bond donors (Lipinski definition) is 1. The van der Waals surface area contributed by atoms with E-state index in [0.717, 1.165) is 32.1 Å². The van der Waals surface area contributed by atoms with Gasteiger partial charge in [0, 0.05) is 19.1 Å². The fraction of sp³-hybridized carbons (Fsp3) is 0.867. The van der Waals surface area contributed by atoms with Crippen molar-refractivity contribution in [1.82, 2.24) is 4.90 Å². The number of carbonyl (C=O) groups is 2. The van der Waals surface area contributed by atoms with Gasteiger partial charge in [-0.1, -0.05) is 6.42 Å². The van der Waals surface area contributed by atoms with E-state index in [1.54, 1.807) is 4.90 Å². The first-order chi connectivity index (χ1) is 9.58. The average Bonchev–Trinajstić information content (AvgIpc) is 2.96. The maximum absolute atomic E-state index is 12.7. The molecular weight excluding hydrogens is 258 g/mol. The van der Waals surface area contributed by atoms with E-state index in [2.05, 4.69) is 0 Å². The number of rotatable bonds is 2. The minimum absolute atomic E-state index is 0.0435. The second-order valence-corrected chi connectivity index (χ2v) is 6.53. The number of carboxylic acid groups (broad SMARTS) is 1. The first-order valence-electron chi connectivity index (χ1n) is 7.73. The number of nitrogens with zero attached hydrogens (tertiary/aromatic N) is 1. The van der Waals surface area contributed by atoms with Gasteiger partial charge in [-0.05, 0) is 44.4 Å². The summed E-state index contributed by atoms with van der Waals surface area (Å²) in [7, 11) is 0. The smallest absolute Gasteiger partial charge is 0.326 e. The molecule has 1 saturated carbocycles. The zero-order valence-electron chi connectivity index (χ0n) is 12.0. The molecule has 0 radical (unpaired) electrons. The van der Waals surface area contributed by atoms with Gasteiger partial charge in [0.05, 0.1) is 6.10 Å². The van der Waals surface area contributed by atoms with Gasteiger partial charge >= 0.3 is 5.97 Å². The third-order valence-electron chi connectivity index (χ3n) is 5.26. The number of fused-ring (bicyclic) bond motifs is 1. The monoisotopic (exact) mass is 281 g/mol. The van der Waals surface area contributed by atoms with E-state index in [1.165, 1.54) is 0 Å². The standard InChI is InChI=1S/C15H23NO4/c1-9-7-10(5-6-20-9)14(17)16-8-11-3-2-4-12(11)13(16)15(18)19/h9-13H,2-8H2,1H3,(H,18,19). The molecule has 112 valence electrons. The number of aliphatic carboxylic acids is 1. The van der Waals surface area contributed by atoms with Crippen molar-refractivity contribution in [2.45, 2.75) is 51.2 Å². The molecule has 3 aliphatic rings. The lowest BCUT2D eigenvalue weighted by atomic mass is 9.92. The number of carbonyl (C=O) groups excluding carboxylic acids is 1. The lowest BCUT2D eigenvalue weighted by Crippen LogP contribution is -2.47. The van der Waals surface area contributed by atoms with Crippen LogP contribution in [0, 0.1) is 17.8 Å². The van der Waals surface area contributed by atoms with Gasteiger partial charge in [-0.25, -0.2) is 4.79 Å². The molecule has 2 saturated heterocycles. The van der Waals surface area contributed by atoms with Crippen LogP contribution in [0.25, 0.3) is 0 Å². The van der Waals surface area contributed by atoms with Crippen molar-refractivity contribution in [2.24, 2.45) is 17.8 Å². The second kappa shape index (κ2) is 5.35. The van der Waals surface area contributed by atoms with Crippen LogP contribution in [-0.4, -0.2) is 47.2 Å². The second-order valence-electron chi connectivity index (χ2n) is 6.53. The fourth-order valence-electron chi connectivity index (χ4n) is 4.31. The minimum Gasteiger partial charge on any atom is -0.480 e. The van der Waals surface area contributed by atoms with Gasteiger partial charge in [-0.2, -0.15) is 0 Å². The van der Waals surface area contributed by atoms with Crippen LogP contribution in [-0.2, 0) is 14.3 Å². The maximum atomic E-state index is 12.7. The molecular formula is C15H23NO4. The largest absolute Gasteiger partial charge is 0.480 e. The number of likely N-dealkylation sites (tertiary alicyclic amines) is 1. The third kappa shape index (κ3) is 2.32. The Bertz CT molecular complexity index is 411. The summed E-state index contributed by atoms with van der Waals surface area (Å²) >= 11 is 0. The number of ether oxygens (including phenoxy) is 1. The number of hydrogen-bond acceptors (Lipinski definition) is 3. The Morgan fingerprint density at radius 1 is 1.25 bits per heavy atom.